The van der Waals surface area contributed by atoms with Crippen molar-refractivity contribution in [1.29, 1.82) is 0 Å². The molecule has 2 heterocycles. The molecule has 0 aliphatic carbocycles. The molecule has 0 aliphatic rings. The van der Waals surface area contributed by atoms with E-state index >= 15 is 0 Å². The third-order valence-electron chi connectivity index (χ3n) is 2.83. The van der Waals surface area contributed by atoms with Crippen molar-refractivity contribution < 1.29 is 9.53 Å². The summed E-state index contributed by atoms with van der Waals surface area (Å²) in [5, 5.41) is 5.66. The number of urea groups is 1. The third kappa shape index (κ3) is 4.61. The van der Waals surface area contributed by atoms with Crippen LogP contribution in [0, 0.1) is 0 Å². The molecule has 2 aromatic heterocycles. The average Bonchev–Trinajstić information content (AvgIpc) is 2.92. The fourth-order valence-electron chi connectivity index (χ4n) is 1.73. The van der Waals surface area contributed by atoms with Gasteiger partial charge in [-0.1, -0.05) is 11.6 Å². The van der Waals surface area contributed by atoms with Gasteiger partial charge in [-0.05, 0) is 30.7 Å². The molecule has 0 radical (unpaired) electrons. The van der Waals surface area contributed by atoms with Crippen molar-refractivity contribution in [1.82, 2.24) is 15.6 Å². The van der Waals surface area contributed by atoms with Crippen molar-refractivity contribution in [2.75, 3.05) is 7.11 Å². The van der Waals surface area contributed by atoms with Crippen LogP contribution in [0.4, 0.5) is 4.79 Å². The molecule has 0 aromatic carbocycles. The number of ether oxygens (including phenoxy) is 1. The van der Waals surface area contributed by atoms with Gasteiger partial charge in [0.15, 0.2) is 0 Å². The van der Waals surface area contributed by atoms with E-state index in [0.717, 1.165) is 10.4 Å². The number of hydrogen-bond donors (Lipinski definition) is 2. The lowest BCUT2D eigenvalue weighted by atomic mass is 10.2. The third-order valence-corrected chi connectivity index (χ3v) is 4.24. The highest BCUT2D eigenvalue weighted by Crippen LogP contribution is 2.26. The van der Waals surface area contributed by atoms with Crippen molar-refractivity contribution in [2.45, 2.75) is 19.5 Å². The maximum atomic E-state index is 11.9. The number of thiophene rings is 1. The lowest BCUT2D eigenvalue weighted by Gasteiger charge is -2.13. The number of hydrogen-bond acceptors (Lipinski definition) is 4. The monoisotopic (exact) mass is 325 g/mol. The predicted molar refractivity (Wildman–Crippen MR) is 83.9 cm³/mol. The zero-order valence-corrected chi connectivity index (χ0v) is 13.3. The molecule has 1 unspecified atom stereocenters. The van der Waals surface area contributed by atoms with Crippen LogP contribution in [0.25, 0.3) is 0 Å². The van der Waals surface area contributed by atoms with Gasteiger partial charge in [0.1, 0.15) is 0 Å². The van der Waals surface area contributed by atoms with Gasteiger partial charge in [0.25, 0.3) is 0 Å². The topological polar surface area (TPSA) is 63.2 Å². The van der Waals surface area contributed by atoms with Crippen LogP contribution in [0.3, 0.4) is 0 Å². The first kappa shape index (κ1) is 15.6. The van der Waals surface area contributed by atoms with E-state index in [-0.39, 0.29) is 12.1 Å². The first-order chi connectivity index (χ1) is 10.1. The minimum atomic E-state index is -0.234. The molecular formula is C14H16ClN3O2S. The van der Waals surface area contributed by atoms with Gasteiger partial charge in [0.05, 0.1) is 17.5 Å². The second-order valence-corrected chi connectivity index (χ2v) is 6.14. The highest BCUT2D eigenvalue weighted by molar-refractivity contribution is 7.16. The number of pyridine rings is 1. The minimum Gasteiger partial charge on any atom is -0.481 e. The van der Waals surface area contributed by atoms with E-state index < -0.39 is 0 Å². The van der Waals surface area contributed by atoms with E-state index in [1.54, 1.807) is 19.4 Å². The number of carbonyl (C=O) groups is 1. The molecule has 21 heavy (non-hydrogen) atoms. The molecule has 7 heteroatoms. The smallest absolute Gasteiger partial charge is 0.315 e. The van der Waals surface area contributed by atoms with Crippen LogP contribution in [-0.2, 0) is 6.54 Å². The highest BCUT2D eigenvalue weighted by Gasteiger charge is 2.11. The molecule has 0 bridgehead atoms. The van der Waals surface area contributed by atoms with Gasteiger partial charge in [-0.3, -0.25) is 0 Å². The molecule has 2 aromatic rings. The van der Waals surface area contributed by atoms with E-state index in [2.05, 4.69) is 15.6 Å². The maximum absolute atomic E-state index is 11.9. The first-order valence-corrected chi connectivity index (χ1v) is 7.56. The summed E-state index contributed by atoms with van der Waals surface area (Å²) in [5.41, 5.74) is 0.920. The Balaban J connectivity index is 1.84. The summed E-state index contributed by atoms with van der Waals surface area (Å²) in [6.45, 7) is 2.32. The number of nitrogens with one attached hydrogen (secondary N) is 2. The van der Waals surface area contributed by atoms with Crippen LogP contribution in [0.1, 0.15) is 23.4 Å². The maximum Gasteiger partial charge on any atom is 0.315 e. The summed E-state index contributed by atoms with van der Waals surface area (Å²) in [6.07, 6.45) is 1.64. The number of methoxy groups -OCH3 is 1. The number of amides is 2. The SMILES string of the molecule is COc1cc(CNC(=O)NC(C)c2ccc(Cl)s2)ccn1. The molecule has 1 atom stereocenters. The molecule has 0 saturated carbocycles. The second kappa shape index (κ2) is 7.28. The Bertz CT molecular complexity index is 618. The number of halogens is 1. The normalized spacial score (nSPS) is 11.8. The standard InChI is InChI=1S/C14H16ClN3O2S/c1-9(11-3-4-12(15)21-11)18-14(19)17-8-10-5-6-16-13(7-10)20-2/h3-7,9H,8H2,1-2H3,(H2,17,18,19). The quantitative estimate of drug-likeness (QED) is 0.886. The first-order valence-electron chi connectivity index (χ1n) is 6.37. The molecule has 0 fully saturated rings. The predicted octanol–water partition coefficient (Wildman–Crippen LogP) is 3.37. The van der Waals surface area contributed by atoms with E-state index in [1.165, 1.54) is 11.3 Å². The summed E-state index contributed by atoms with van der Waals surface area (Å²) in [4.78, 5) is 16.9. The summed E-state index contributed by atoms with van der Waals surface area (Å²) in [7, 11) is 1.56. The molecule has 0 aliphatic heterocycles. The number of aromatic nitrogens is 1. The largest absolute Gasteiger partial charge is 0.481 e. The summed E-state index contributed by atoms with van der Waals surface area (Å²) >= 11 is 7.34. The Kier molecular flexibility index (Phi) is 5.41. The number of nitrogens with zero attached hydrogens (tertiary/aromatic N) is 1. The van der Waals surface area contributed by atoms with Gasteiger partial charge in [-0.2, -0.15) is 0 Å². The van der Waals surface area contributed by atoms with Gasteiger partial charge in [-0.15, -0.1) is 11.3 Å². The van der Waals surface area contributed by atoms with Crippen LogP contribution < -0.4 is 15.4 Å². The highest BCUT2D eigenvalue weighted by atomic mass is 35.5. The Morgan fingerprint density at radius 3 is 2.95 bits per heavy atom. The summed E-state index contributed by atoms with van der Waals surface area (Å²) in [5.74, 6) is 0.524. The zero-order chi connectivity index (χ0) is 15.2. The van der Waals surface area contributed by atoms with Crippen LogP contribution in [0.5, 0.6) is 5.88 Å². The molecular weight excluding hydrogens is 310 g/mol. The minimum absolute atomic E-state index is 0.0884. The van der Waals surface area contributed by atoms with Crippen LogP contribution in [-0.4, -0.2) is 18.1 Å². The molecule has 2 rings (SSSR count). The van der Waals surface area contributed by atoms with Crippen molar-refractivity contribution in [3.05, 3.63) is 45.2 Å². The van der Waals surface area contributed by atoms with Gasteiger partial charge in [0.2, 0.25) is 5.88 Å². The van der Waals surface area contributed by atoms with Crippen molar-refractivity contribution in [2.24, 2.45) is 0 Å². The van der Waals surface area contributed by atoms with Gasteiger partial charge in [0, 0.05) is 23.7 Å². The number of carbonyl (C=O) groups excluding carboxylic acids is 1. The van der Waals surface area contributed by atoms with Crippen molar-refractivity contribution >= 4 is 29.0 Å². The van der Waals surface area contributed by atoms with E-state index in [4.69, 9.17) is 16.3 Å². The molecule has 2 N–H and O–H groups in total. The molecule has 0 spiro atoms. The van der Waals surface area contributed by atoms with Gasteiger partial charge >= 0.3 is 6.03 Å². The van der Waals surface area contributed by atoms with E-state index in [9.17, 15) is 4.79 Å². The fraction of sp³-hybridized carbons (Fsp3) is 0.286. The van der Waals surface area contributed by atoms with Crippen LogP contribution >= 0.6 is 22.9 Å². The van der Waals surface area contributed by atoms with Crippen LogP contribution in [0.15, 0.2) is 30.5 Å². The summed E-state index contributed by atoms with van der Waals surface area (Å²) in [6, 6.07) is 7.01. The van der Waals surface area contributed by atoms with Crippen molar-refractivity contribution in [3.8, 4) is 5.88 Å². The lowest BCUT2D eigenvalue weighted by Crippen LogP contribution is -2.36. The van der Waals surface area contributed by atoms with Gasteiger partial charge < -0.3 is 15.4 Å². The lowest BCUT2D eigenvalue weighted by molar-refractivity contribution is 0.237. The Hall–Kier alpha value is -1.79. The fourth-order valence-corrected chi connectivity index (χ4v) is 2.80. The molecule has 2 amide bonds. The Morgan fingerprint density at radius 1 is 1.48 bits per heavy atom. The van der Waals surface area contributed by atoms with Crippen molar-refractivity contribution in [3.63, 3.8) is 0 Å². The Morgan fingerprint density at radius 2 is 2.29 bits per heavy atom. The van der Waals surface area contributed by atoms with E-state index in [0.29, 0.717) is 16.8 Å². The Labute approximate surface area is 132 Å². The van der Waals surface area contributed by atoms with Crippen LogP contribution in [0.2, 0.25) is 4.34 Å². The molecule has 5 nitrogen and oxygen atoms in total. The molecule has 0 saturated heterocycles. The van der Waals surface area contributed by atoms with E-state index in [1.807, 2.05) is 25.1 Å². The number of rotatable bonds is 5. The summed E-state index contributed by atoms with van der Waals surface area (Å²) < 4.78 is 5.75. The second-order valence-electron chi connectivity index (χ2n) is 4.40. The zero-order valence-electron chi connectivity index (χ0n) is 11.7. The average molecular weight is 326 g/mol. The molecule has 112 valence electrons. The van der Waals surface area contributed by atoms with Gasteiger partial charge in [-0.25, -0.2) is 9.78 Å².